The molecule has 0 bridgehead atoms. The molecule has 7 nitrogen and oxygen atoms in total. The van der Waals surface area contributed by atoms with Gasteiger partial charge < -0.3 is 14.8 Å². The molecule has 144 valence electrons. The first-order valence-corrected chi connectivity index (χ1v) is 8.84. The number of carbonyl (C=O) groups is 1. The minimum absolute atomic E-state index is 0.0549. The van der Waals surface area contributed by atoms with Crippen molar-refractivity contribution in [2.24, 2.45) is 11.3 Å². The molecule has 0 aromatic heterocycles. The van der Waals surface area contributed by atoms with Crippen molar-refractivity contribution in [1.82, 2.24) is 0 Å². The standard InChI is InChI=1S/C19H28N2O5/c1-12-6-14(11-19(2,3)10-12)20-15-9-17(25-4)13(8-18(22)26-5)7-16(15)21(23)24/h7,9,12,14,20H,6,8,10-11H2,1-5H3. The molecule has 0 amide bonds. The van der Waals surface area contributed by atoms with E-state index in [1.54, 1.807) is 6.07 Å². The quantitative estimate of drug-likeness (QED) is 0.467. The molecule has 0 heterocycles. The Bertz CT molecular complexity index is 687. The summed E-state index contributed by atoms with van der Waals surface area (Å²) in [5.74, 6) is 0.517. The SMILES string of the molecule is COC(=O)Cc1cc([N+](=O)[O-])c(NC2CC(C)CC(C)(C)C2)cc1OC. The van der Waals surface area contributed by atoms with Crippen LogP contribution in [-0.4, -0.2) is 31.2 Å². The van der Waals surface area contributed by atoms with E-state index in [-0.39, 0.29) is 23.6 Å². The number of ether oxygens (including phenoxy) is 2. The van der Waals surface area contributed by atoms with Gasteiger partial charge in [0.05, 0.1) is 25.6 Å². The van der Waals surface area contributed by atoms with Crippen molar-refractivity contribution in [3.63, 3.8) is 0 Å². The fourth-order valence-electron chi connectivity index (χ4n) is 4.11. The number of hydrogen-bond donors (Lipinski definition) is 1. The maximum atomic E-state index is 11.6. The first-order valence-electron chi connectivity index (χ1n) is 8.84. The molecule has 1 N–H and O–H groups in total. The molecule has 1 aliphatic rings. The number of hydrogen-bond acceptors (Lipinski definition) is 6. The van der Waals surface area contributed by atoms with Crippen molar-refractivity contribution in [3.8, 4) is 5.75 Å². The molecule has 0 saturated heterocycles. The van der Waals surface area contributed by atoms with Gasteiger partial charge in [-0.1, -0.05) is 20.8 Å². The second-order valence-corrected chi connectivity index (χ2v) is 7.95. The van der Waals surface area contributed by atoms with Crippen LogP contribution in [0.15, 0.2) is 12.1 Å². The van der Waals surface area contributed by atoms with Crippen LogP contribution in [-0.2, 0) is 16.0 Å². The summed E-state index contributed by atoms with van der Waals surface area (Å²) in [6.45, 7) is 6.67. The highest BCUT2D eigenvalue weighted by Crippen LogP contribution is 2.41. The smallest absolute Gasteiger partial charge is 0.310 e. The van der Waals surface area contributed by atoms with Gasteiger partial charge in [-0.15, -0.1) is 0 Å². The van der Waals surface area contributed by atoms with E-state index in [9.17, 15) is 14.9 Å². The molecular weight excluding hydrogens is 336 g/mol. The maximum Gasteiger partial charge on any atom is 0.310 e. The monoisotopic (exact) mass is 364 g/mol. The van der Waals surface area contributed by atoms with E-state index >= 15 is 0 Å². The number of benzene rings is 1. The highest BCUT2D eigenvalue weighted by molar-refractivity contribution is 5.76. The number of nitrogens with one attached hydrogen (secondary N) is 1. The Morgan fingerprint density at radius 2 is 2.04 bits per heavy atom. The van der Waals surface area contributed by atoms with E-state index in [0.717, 1.165) is 19.3 Å². The van der Waals surface area contributed by atoms with Gasteiger partial charge in [0.15, 0.2) is 0 Å². The zero-order valence-electron chi connectivity index (χ0n) is 16.1. The van der Waals surface area contributed by atoms with Crippen LogP contribution in [0.5, 0.6) is 5.75 Å². The summed E-state index contributed by atoms with van der Waals surface area (Å²) in [5, 5.41) is 14.9. The third-order valence-corrected chi connectivity index (χ3v) is 4.90. The lowest BCUT2D eigenvalue weighted by molar-refractivity contribution is -0.384. The minimum Gasteiger partial charge on any atom is -0.496 e. The zero-order chi connectivity index (χ0) is 19.5. The Labute approximate surface area is 154 Å². The second-order valence-electron chi connectivity index (χ2n) is 7.95. The molecule has 7 heteroatoms. The molecule has 2 rings (SSSR count). The molecule has 0 aliphatic heterocycles. The summed E-state index contributed by atoms with van der Waals surface area (Å²) in [4.78, 5) is 22.7. The fraction of sp³-hybridized carbons (Fsp3) is 0.632. The number of nitrogens with zero attached hydrogens (tertiary/aromatic N) is 1. The molecule has 2 atom stereocenters. The van der Waals surface area contributed by atoms with Crippen LogP contribution >= 0.6 is 0 Å². The lowest BCUT2D eigenvalue weighted by Gasteiger charge is -2.39. The Kier molecular flexibility index (Phi) is 6.10. The van der Waals surface area contributed by atoms with Gasteiger partial charge in [-0.05, 0) is 30.6 Å². The van der Waals surface area contributed by atoms with Crippen molar-refractivity contribution >= 4 is 17.3 Å². The Morgan fingerprint density at radius 3 is 2.58 bits per heavy atom. The van der Waals surface area contributed by atoms with Gasteiger partial charge >= 0.3 is 5.97 Å². The third-order valence-electron chi connectivity index (χ3n) is 4.90. The Balaban J connectivity index is 2.35. The van der Waals surface area contributed by atoms with Crippen LogP contribution < -0.4 is 10.1 Å². The van der Waals surface area contributed by atoms with E-state index in [2.05, 4.69) is 30.8 Å². The summed E-state index contributed by atoms with van der Waals surface area (Å²) in [6.07, 6.45) is 2.98. The summed E-state index contributed by atoms with van der Waals surface area (Å²) in [5.41, 5.74) is 1.00. The highest BCUT2D eigenvalue weighted by atomic mass is 16.6. The zero-order valence-corrected chi connectivity index (χ0v) is 16.1. The fourth-order valence-corrected chi connectivity index (χ4v) is 4.11. The molecule has 26 heavy (non-hydrogen) atoms. The van der Waals surface area contributed by atoms with E-state index in [0.29, 0.717) is 22.9 Å². The third kappa shape index (κ3) is 4.86. The van der Waals surface area contributed by atoms with Crippen LogP contribution in [0.25, 0.3) is 0 Å². The predicted octanol–water partition coefficient (Wildman–Crippen LogP) is 3.95. The predicted molar refractivity (Wildman–Crippen MR) is 99.6 cm³/mol. The van der Waals surface area contributed by atoms with Crippen molar-refractivity contribution in [3.05, 3.63) is 27.8 Å². The van der Waals surface area contributed by atoms with E-state index in [1.807, 2.05) is 0 Å². The van der Waals surface area contributed by atoms with Gasteiger partial charge in [0.2, 0.25) is 0 Å². The summed E-state index contributed by atoms with van der Waals surface area (Å²) in [7, 11) is 2.77. The highest BCUT2D eigenvalue weighted by Gasteiger charge is 2.33. The van der Waals surface area contributed by atoms with Crippen LogP contribution in [0.2, 0.25) is 0 Å². The first-order chi connectivity index (χ1) is 12.1. The number of anilines is 1. The van der Waals surface area contributed by atoms with Crippen molar-refractivity contribution in [2.75, 3.05) is 19.5 Å². The van der Waals surface area contributed by atoms with Crippen LogP contribution in [0.3, 0.4) is 0 Å². The number of rotatable bonds is 6. The molecule has 1 aliphatic carbocycles. The minimum atomic E-state index is -0.471. The van der Waals surface area contributed by atoms with E-state index in [4.69, 9.17) is 4.74 Å². The number of nitro groups is 1. The van der Waals surface area contributed by atoms with Gasteiger partial charge in [-0.3, -0.25) is 14.9 Å². The molecule has 1 aromatic rings. The number of esters is 1. The van der Waals surface area contributed by atoms with E-state index in [1.165, 1.54) is 20.3 Å². The van der Waals surface area contributed by atoms with Crippen LogP contribution in [0.4, 0.5) is 11.4 Å². The van der Waals surface area contributed by atoms with Crippen LogP contribution in [0, 0.1) is 21.4 Å². The largest absolute Gasteiger partial charge is 0.496 e. The lowest BCUT2D eigenvalue weighted by atomic mass is 9.70. The lowest BCUT2D eigenvalue weighted by Crippen LogP contribution is -2.35. The molecule has 1 saturated carbocycles. The van der Waals surface area contributed by atoms with Gasteiger partial charge in [0.25, 0.3) is 5.69 Å². The molecule has 0 radical (unpaired) electrons. The summed E-state index contributed by atoms with van der Waals surface area (Å²) in [6, 6.07) is 3.17. The van der Waals surface area contributed by atoms with Gasteiger partial charge in [0.1, 0.15) is 11.4 Å². The molecule has 2 unspecified atom stereocenters. The van der Waals surface area contributed by atoms with Crippen LogP contribution in [0.1, 0.15) is 45.6 Å². The summed E-state index contributed by atoms with van der Waals surface area (Å²) >= 11 is 0. The Hall–Kier alpha value is -2.31. The second kappa shape index (κ2) is 7.93. The Morgan fingerprint density at radius 1 is 1.35 bits per heavy atom. The average Bonchev–Trinajstić information content (AvgIpc) is 2.53. The normalized spacial score (nSPS) is 21.7. The van der Waals surface area contributed by atoms with Crippen molar-refractivity contribution in [2.45, 2.75) is 52.5 Å². The molecule has 1 fully saturated rings. The number of methoxy groups -OCH3 is 2. The maximum absolute atomic E-state index is 11.6. The first kappa shape index (κ1) is 20.0. The van der Waals surface area contributed by atoms with Gasteiger partial charge in [-0.25, -0.2) is 0 Å². The molecular formula is C19H28N2O5. The average molecular weight is 364 g/mol. The van der Waals surface area contributed by atoms with Crippen molar-refractivity contribution in [1.29, 1.82) is 0 Å². The van der Waals surface area contributed by atoms with Gasteiger partial charge in [-0.2, -0.15) is 0 Å². The van der Waals surface area contributed by atoms with E-state index < -0.39 is 10.9 Å². The van der Waals surface area contributed by atoms with Gasteiger partial charge in [0, 0.05) is 23.7 Å². The molecule has 1 aromatic carbocycles. The van der Waals surface area contributed by atoms with Crippen molar-refractivity contribution < 1.29 is 19.2 Å². The number of carbonyl (C=O) groups excluding carboxylic acids is 1. The topological polar surface area (TPSA) is 90.7 Å². The molecule has 0 spiro atoms. The summed E-state index contributed by atoms with van der Waals surface area (Å²) < 4.78 is 10.0. The number of nitro benzene ring substituents is 1.